The van der Waals surface area contributed by atoms with Crippen LogP contribution in [-0.4, -0.2) is 5.78 Å². The van der Waals surface area contributed by atoms with Crippen LogP contribution in [0.15, 0.2) is 24.3 Å². The summed E-state index contributed by atoms with van der Waals surface area (Å²) in [6.45, 7) is 2.17. The molecule has 0 aromatic heterocycles. The van der Waals surface area contributed by atoms with E-state index in [9.17, 15) is 4.79 Å². The van der Waals surface area contributed by atoms with Gasteiger partial charge in [-0.1, -0.05) is 31.2 Å². The molecule has 0 heterocycles. The lowest BCUT2D eigenvalue weighted by Crippen LogP contribution is -2.00. The Kier molecular flexibility index (Phi) is 3.76. The number of carbonyl (C=O) groups is 1. The van der Waals surface area contributed by atoms with Gasteiger partial charge < -0.3 is 0 Å². The van der Waals surface area contributed by atoms with Crippen LogP contribution in [0.5, 0.6) is 0 Å². The molecule has 1 aromatic rings. The Morgan fingerprint density at radius 3 is 2.38 bits per heavy atom. The molecule has 1 nitrogen and oxygen atoms in total. The topological polar surface area (TPSA) is 17.1 Å². The SMILES string of the molecule is CCc1ccc(CCCC(=O)C2CC2)cc1. The van der Waals surface area contributed by atoms with Gasteiger partial charge in [0, 0.05) is 12.3 Å². The van der Waals surface area contributed by atoms with Crippen LogP contribution in [0.25, 0.3) is 0 Å². The van der Waals surface area contributed by atoms with Crippen molar-refractivity contribution in [2.45, 2.75) is 45.4 Å². The molecule has 0 amide bonds. The Labute approximate surface area is 97.9 Å². The summed E-state index contributed by atoms with van der Waals surface area (Å²) in [5, 5.41) is 0. The molecule has 0 aliphatic heterocycles. The van der Waals surface area contributed by atoms with Gasteiger partial charge in [-0.2, -0.15) is 0 Å². The molecular formula is C15H20O. The minimum atomic E-state index is 0.433. The lowest BCUT2D eigenvalue weighted by molar-refractivity contribution is -0.120. The average Bonchev–Trinajstić information content (AvgIpc) is 3.14. The van der Waals surface area contributed by atoms with Crippen LogP contribution in [0.2, 0.25) is 0 Å². The predicted molar refractivity (Wildman–Crippen MR) is 66.5 cm³/mol. The second-order valence-corrected chi connectivity index (χ2v) is 4.76. The van der Waals surface area contributed by atoms with Crippen molar-refractivity contribution in [1.82, 2.24) is 0 Å². The lowest BCUT2D eigenvalue weighted by atomic mass is 10.0. The van der Waals surface area contributed by atoms with Crippen LogP contribution in [-0.2, 0) is 17.6 Å². The Morgan fingerprint density at radius 1 is 1.19 bits per heavy atom. The van der Waals surface area contributed by atoms with E-state index in [0.29, 0.717) is 11.7 Å². The quantitative estimate of drug-likeness (QED) is 0.710. The Balaban J connectivity index is 1.73. The van der Waals surface area contributed by atoms with Gasteiger partial charge in [0.25, 0.3) is 0 Å². The van der Waals surface area contributed by atoms with Gasteiger partial charge in [-0.05, 0) is 43.2 Å². The number of benzene rings is 1. The highest BCUT2D eigenvalue weighted by Gasteiger charge is 2.28. The molecule has 0 saturated heterocycles. The fraction of sp³-hybridized carbons (Fsp3) is 0.533. The van der Waals surface area contributed by atoms with Crippen LogP contribution in [0.1, 0.15) is 43.7 Å². The molecule has 0 unspecified atom stereocenters. The fourth-order valence-electron chi connectivity index (χ4n) is 2.02. The minimum Gasteiger partial charge on any atom is -0.299 e. The van der Waals surface area contributed by atoms with E-state index in [-0.39, 0.29) is 0 Å². The Hall–Kier alpha value is -1.11. The summed E-state index contributed by atoms with van der Waals surface area (Å²) >= 11 is 0. The predicted octanol–water partition coefficient (Wildman–Crippen LogP) is 3.55. The van der Waals surface area contributed by atoms with E-state index in [2.05, 4.69) is 31.2 Å². The average molecular weight is 216 g/mol. The van der Waals surface area contributed by atoms with E-state index >= 15 is 0 Å². The van der Waals surface area contributed by atoms with Crippen molar-refractivity contribution in [2.24, 2.45) is 5.92 Å². The number of rotatable bonds is 6. The number of Topliss-reactive ketones (excluding diaryl/α,β-unsaturated/α-hetero) is 1. The standard InChI is InChI=1S/C15H20O/c1-2-12-6-8-13(9-7-12)4-3-5-15(16)14-10-11-14/h6-9,14H,2-5,10-11H2,1H3. The third-order valence-corrected chi connectivity index (χ3v) is 3.35. The monoisotopic (exact) mass is 216 g/mol. The molecule has 86 valence electrons. The first-order valence-electron chi connectivity index (χ1n) is 6.40. The maximum absolute atomic E-state index is 11.5. The van der Waals surface area contributed by atoms with E-state index in [1.54, 1.807) is 0 Å². The van der Waals surface area contributed by atoms with Crippen LogP contribution >= 0.6 is 0 Å². The number of ketones is 1. The maximum atomic E-state index is 11.5. The molecule has 16 heavy (non-hydrogen) atoms. The van der Waals surface area contributed by atoms with Gasteiger partial charge in [0.2, 0.25) is 0 Å². The van der Waals surface area contributed by atoms with Gasteiger partial charge in [-0.15, -0.1) is 0 Å². The van der Waals surface area contributed by atoms with Gasteiger partial charge in [-0.25, -0.2) is 0 Å². The summed E-state index contributed by atoms with van der Waals surface area (Å²) in [5.74, 6) is 0.924. The van der Waals surface area contributed by atoms with Crippen LogP contribution < -0.4 is 0 Å². The largest absolute Gasteiger partial charge is 0.299 e. The summed E-state index contributed by atoms with van der Waals surface area (Å²) in [6, 6.07) is 8.77. The first kappa shape index (κ1) is 11.4. The summed E-state index contributed by atoms with van der Waals surface area (Å²) in [4.78, 5) is 11.5. The van der Waals surface area contributed by atoms with Crippen molar-refractivity contribution in [2.75, 3.05) is 0 Å². The third kappa shape index (κ3) is 3.19. The summed E-state index contributed by atoms with van der Waals surface area (Å²) in [7, 11) is 0. The van der Waals surface area contributed by atoms with E-state index in [0.717, 1.165) is 38.5 Å². The number of hydrogen-bond acceptors (Lipinski definition) is 1. The van der Waals surface area contributed by atoms with Gasteiger partial charge in [0.1, 0.15) is 5.78 Å². The Bertz CT molecular complexity index is 346. The van der Waals surface area contributed by atoms with E-state index in [1.807, 2.05) is 0 Å². The normalized spacial score (nSPS) is 15.1. The smallest absolute Gasteiger partial charge is 0.135 e. The molecule has 0 bridgehead atoms. The number of hydrogen-bond donors (Lipinski definition) is 0. The van der Waals surface area contributed by atoms with E-state index in [1.165, 1.54) is 11.1 Å². The second-order valence-electron chi connectivity index (χ2n) is 4.76. The first-order valence-corrected chi connectivity index (χ1v) is 6.40. The van der Waals surface area contributed by atoms with Crippen LogP contribution in [0.4, 0.5) is 0 Å². The highest BCUT2D eigenvalue weighted by Crippen LogP contribution is 2.31. The van der Waals surface area contributed by atoms with Gasteiger partial charge in [0.15, 0.2) is 0 Å². The van der Waals surface area contributed by atoms with Crippen molar-refractivity contribution < 1.29 is 4.79 Å². The number of carbonyl (C=O) groups excluding carboxylic acids is 1. The van der Waals surface area contributed by atoms with Crippen LogP contribution in [0.3, 0.4) is 0 Å². The molecule has 1 saturated carbocycles. The fourth-order valence-corrected chi connectivity index (χ4v) is 2.02. The van der Waals surface area contributed by atoms with Crippen molar-refractivity contribution in [3.63, 3.8) is 0 Å². The lowest BCUT2D eigenvalue weighted by Gasteiger charge is -2.02. The molecule has 2 rings (SSSR count). The molecule has 1 aliphatic carbocycles. The zero-order chi connectivity index (χ0) is 11.4. The summed E-state index contributed by atoms with van der Waals surface area (Å²) < 4.78 is 0. The molecule has 0 radical (unpaired) electrons. The zero-order valence-electron chi connectivity index (χ0n) is 10.0. The molecule has 1 aliphatic rings. The van der Waals surface area contributed by atoms with Crippen molar-refractivity contribution in [3.8, 4) is 0 Å². The molecule has 1 aromatic carbocycles. The van der Waals surface area contributed by atoms with E-state index < -0.39 is 0 Å². The Morgan fingerprint density at radius 2 is 1.81 bits per heavy atom. The summed E-state index contributed by atoms with van der Waals surface area (Å²) in [5.41, 5.74) is 2.75. The molecule has 0 spiro atoms. The number of aryl methyl sites for hydroxylation is 2. The second kappa shape index (κ2) is 5.29. The molecule has 0 atom stereocenters. The van der Waals surface area contributed by atoms with Gasteiger partial charge in [-0.3, -0.25) is 4.79 Å². The van der Waals surface area contributed by atoms with Gasteiger partial charge in [0.05, 0.1) is 0 Å². The third-order valence-electron chi connectivity index (χ3n) is 3.35. The van der Waals surface area contributed by atoms with Crippen molar-refractivity contribution >= 4 is 5.78 Å². The molecule has 1 heteroatoms. The van der Waals surface area contributed by atoms with Crippen molar-refractivity contribution in [3.05, 3.63) is 35.4 Å². The van der Waals surface area contributed by atoms with Gasteiger partial charge >= 0.3 is 0 Å². The van der Waals surface area contributed by atoms with Crippen molar-refractivity contribution in [1.29, 1.82) is 0 Å². The zero-order valence-corrected chi connectivity index (χ0v) is 10.0. The van der Waals surface area contributed by atoms with E-state index in [4.69, 9.17) is 0 Å². The summed E-state index contributed by atoms with van der Waals surface area (Å²) in [6.07, 6.45) is 6.22. The van der Waals surface area contributed by atoms with Crippen LogP contribution in [0, 0.1) is 5.92 Å². The first-order chi connectivity index (χ1) is 7.79. The highest BCUT2D eigenvalue weighted by molar-refractivity contribution is 5.83. The molecule has 1 fully saturated rings. The molecular weight excluding hydrogens is 196 g/mol. The maximum Gasteiger partial charge on any atom is 0.135 e. The molecule has 0 N–H and O–H groups in total. The highest BCUT2D eigenvalue weighted by atomic mass is 16.1. The minimum absolute atomic E-state index is 0.433.